The maximum absolute atomic E-state index is 9.51. The molecule has 0 aromatic heterocycles. The van der Waals surface area contributed by atoms with E-state index < -0.39 is 0 Å². The molecule has 1 fully saturated rings. The lowest BCUT2D eigenvalue weighted by Crippen LogP contribution is -2.38. The van der Waals surface area contributed by atoms with Gasteiger partial charge < -0.3 is 20.1 Å². The Morgan fingerprint density at radius 3 is 3.00 bits per heavy atom. The maximum atomic E-state index is 9.51. The third-order valence-electron chi connectivity index (χ3n) is 2.55. The Kier molecular flexibility index (Phi) is 5.40. The minimum absolute atomic E-state index is 0.374. The average Bonchev–Trinajstić information content (AvgIpc) is 2.58. The van der Waals surface area contributed by atoms with E-state index >= 15 is 0 Å². The molecule has 4 heteroatoms. The Morgan fingerprint density at radius 1 is 1.64 bits per heavy atom. The van der Waals surface area contributed by atoms with E-state index in [9.17, 15) is 5.11 Å². The predicted octanol–water partition coefficient (Wildman–Crippen LogP) is -0.322. The molecule has 2 atom stereocenters. The Hall–Kier alpha value is -0.160. The number of nitrogens with zero attached hydrogens (tertiary/aromatic N) is 1. The van der Waals surface area contributed by atoms with E-state index in [-0.39, 0.29) is 6.10 Å². The first-order chi connectivity index (χ1) is 6.72. The summed E-state index contributed by atoms with van der Waals surface area (Å²) in [7, 11) is 2.12. The molecular weight excluding hydrogens is 180 g/mol. The molecule has 2 N–H and O–H groups in total. The first-order valence-electron chi connectivity index (χ1n) is 5.40. The quantitative estimate of drug-likeness (QED) is 0.619. The fourth-order valence-corrected chi connectivity index (χ4v) is 1.72. The molecule has 0 bridgehead atoms. The van der Waals surface area contributed by atoms with E-state index in [2.05, 4.69) is 17.3 Å². The standard InChI is InChI=1S/C10H22N2O2/c1-3-14-8-10(13)6-11-9-4-5-12(2)7-9/h9-11,13H,3-8H2,1-2H3. The van der Waals surface area contributed by atoms with Gasteiger partial charge in [-0.15, -0.1) is 0 Å². The average molecular weight is 202 g/mol. The second kappa shape index (κ2) is 6.35. The number of aliphatic hydroxyl groups excluding tert-OH is 1. The van der Waals surface area contributed by atoms with Crippen LogP contribution in [0.1, 0.15) is 13.3 Å². The van der Waals surface area contributed by atoms with Crippen LogP contribution >= 0.6 is 0 Å². The van der Waals surface area contributed by atoms with Crippen LogP contribution in [-0.4, -0.2) is 62.0 Å². The number of hydrogen-bond acceptors (Lipinski definition) is 4. The zero-order chi connectivity index (χ0) is 10.4. The molecule has 0 aliphatic carbocycles. The van der Waals surface area contributed by atoms with Gasteiger partial charge in [-0.1, -0.05) is 0 Å². The third kappa shape index (κ3) is 4.37. The Balaban J connectivity index is 2.02. The van der Waals surface area contributed by atoms with Crippen LogP contribution in [-0.2, 0) is 4.74 Å². The van der Waals surface area contributed by atoms with E-state index in [1.165, 1.54) is 6.42 Å². The Labute approximate surface area is 86.2 Å². The van der Waals surface area contributed by atoms with Crippen LogP contribution in [0, 0.1) is 0 Å². The van der Waals surface area contributed by atoms with Gasteiger partial charge >= 0.3 is 0 Å². The van der Waals surface area contributed by atoms with Gasteiger partial charge in [0.25, 0.3) is 0 Å². The van der Waals surface area contributed by atoms with Crippen LogP contribution in [0.5, 0.6) is 0 Å². The topological polar surface area (TPSA) is 44.7 Å². The largest absolute Gasteiger partial charge is 0.389 e. The Bertz CT molecular complexity index is 155. The zero-order valence-corrected chi connectivity index (χ0v) is 9.20. The molecule has 1 aliphatic rings. The minimum Gasteiger partial charge on any atom is -0.389 e. The third-order valence-corrected chi connectivity index (χ3v) is 2.55. The SMILES string of the molecule is CCOCC(O)CNC1CCN(C)C1. The van der Waals surface area contributed by atoms with Crippen LogP contribution in [0.15, 0.2) is 0 Å². The van der Waals surface area contributed by atoms with Crippen LogP contribution in [0.2, 0.25) is 0 Å². The molecule has 1 aliphatic heterocycles. The van der Waals surface area contributed by atoms with Gasteiger partial charge in [-0.3, -0.25) is 0 Å². The van der Waals surface area contributed by atoms with Gasteiger partial charge in [0.1, 0.15) is 0 Å². The second-order valence-electron chi connectivity index (χ2n) is 3.97. The summed E-state index contributed by atoms with van der Waals surface area (Å²) in [6, 6.07) is 0.538. The van der Waals surface area contributed by atoms with Gasteiger partial charge in [0.2, 0.25) is 0 Å². The second-order valence-corrected chi connectivity index (χ2v) is 3.97. The van der Waals surface area contributed by atoms with Gasteiger partial charge in [0.15, 0.2) is 0 Å². The molecule has 84 valence electrons. The highest BCUT2D eigenvalue weighted by atomic mass is 16.5. The number of aliphatic hydroxyl groups is 1. The highest BCUT2D eigenvalue weighted by Gasteiger charge is 2.19. The van der Waals surface area contributed by atoms with E-state index in [0.29, 0.717) is 25.8 Å². The number of likely N-dealkylation sites (tertiary alicyclic amines) is 1. The van der Waals surface area contributed by atoms with E-state index in [1.807, 2.05) is 6.92 Å². The summed E-state index contributed by atoms with van der Waals surface area (Å²) in [6.07, 6.45) is 0.804. The van der Waals surface area contributed by atoms with E-state index in [4.69, 9.17) is 4.74 Å². The van der Waals surface area contributed by atoms with Crippen molar-refractivity contribution >= 4 is 0 Å². The van der Waals surface area contributed by atoms with Crippen molar-refractivity contribution in [2.75, 3.05) is 39.9 Å². The van der Waals surface area contributed by atoms with Crippen molar-refractivity contribution in [1.29, 1.82) is 0 Å². The van der Waals surface area contributed by atoms with Crippen molar-refractivity contribution in [2.24, 2.45) is 0 Å². The fraction of sp³-hybridized carbons (Fsp3) is 1.00. The monoisotopic (exact) mass is 202 g/mol. The van der Waals surface area contributed by atoms with Gasteiger partial charge in [-0.25, -0.2) is 0 Å². The first-order valence-corrected chi connectivity index (χ1v) is 5.40. The fourth-order valence-electron chi connectivity index (χ4n) is 1.72. The smallest absolute Gasteiger partial charge is 0.0897 e. The van der Waals surface area contributed by atoms with Gasteiger partial charge in [0, 0.05) is 25.7 Å². The summed E-state index contributed by atoms with van der Waals surface area (Å²) in [5.74, 6) is 0. The first kappa shape index (κ1) is 11.9. The maximum Gasteiger partial charge on any atom is 0.0897 e. The summed E-state index contributed by atoms with van der Waals surface area (Å²) in [4.78, 5) is 2.30. The minimum atomic E-state index is -0.374. The van der Waals surface area contributed by atoms with Crippen molar-refractivity contribution in [3.8, 4) is 0 Å². The molecule has 0 radical (unpaired) electrons. The molecule has 1 heterocycles. The molecule has 0 saturated carbocycles. The lowest BCUT2D eigenvalue weighted by Gasteiger charge is -2.16. The van der Waals surface area contributed by atoms with Gasteiger partial charge in [-0.05, 0) is 26.9 Å². The number of hydrogen-bond donors (Lipinski definition) is 2. The molecule has 0 aromatic carbocycles. The van der Waals surface area contributed by atoms with E-state index in [0.717, 1.165) is 13.1 Å². The molecule has 0 amide bonds. The van der Waals surface area contributed by atoms with Crippen molar-refractivity contribution in [3.63, 3.8) is 0 Å². The molecule has 0 aromatic rings. The van der Waals surface area contributed by atoms with E-state index in [1.54, 1.807) is 0 Å². The van der Waals surface area contributed by atoms with Crippen LogP contribution in [0.4, 0.5) is 0 Å². The molecular formula is C10H22N2O2. The van der Waals surface area contributed by atoms with Crippen molar-refractivity contribution in [3.05, 3.63) is 0 Å². The normalized spacial score (nSPS) is 25.5. The summed E-state index contributed by atoms with van der Waals surface area (Å²) < 4.78 is 5.13. The van der Waals surface area contributed by atoms with Crippen molar-refractivity contribution in [2.45, 2.75) is 25.5 Å². The lowest BCUT2D eigenvalue weighted by atomic mass is 10.2. The Morgan fingerprint density at radius 2 is 2.43 bits per heavy atom. The summed E-state index contributed by atoms with van der Waals surface area (Å²) in [6.45, 7) is 5.92. The summed E-state index contributed by atoms with van der Waals surface area (Å²) >= 11 is 0. The summed E-state index contributed by atoms with van der Waals surface area (Å²) in [5, 5.41) is 12.9. The number of nitrogens with one attached hydrogen (secondary N) is 1. The van der Waals surface area contributed by atoms with Crippen LogP contribution in [0.25, 0.3) is 0 Å². The summed E-state index contributed by atoms with van der Waals surface area (Å²) in [5.41, 5.74) is 0. The molecule has 4 nitrogen and oxygen atoms in total. The number of ether oxygens (including phenoxy) is 1. The number of likely N-dealkylation sites (N-methyl/N-ethyl adjacent to an activating group) is 1. The molecule has 14 heavy (non-hydrogen) atoms. The molecule has 1 saturated heterocycles. The molecule has 0 spiro atoms. The number of rotatable bonds is 6. The van der Waals surface area contributed by atoms with Crippen molar-refractivity contribution in [1.82, 2.24) is 10.2 Å². The zero-order valence-electron chi connectivity index (χ0n) is 9.20. The van der Waals surface area contributed by atoms with Gasteiger partial charge in [-0.2, -0.15) is 0 Å². The van der Waals surface area contributed by atoms with Crippen molar-refractivity contribution < 1.29 is 9.84 Å². The highest BCUT2D eigenvalue weighted by molar-refractivity contribution is 4.79. The van der Waals surface area contributed by atoms with Crippen LogP contribution in [0.3, 0.4) is 0 Å². The molecule has 2 unspecified atom stereocenters. The van der Waals surface area contributed by atoms with Gasteiger partial charge in [0.05, 0.1) is 12.7 Å². The predicted molar refractivity (Wildman–Crippen MR) is 56.4 cm³/mol. The lowest BCUT2D eigenvalue weighted by molar-refractivity contribution is 0.0415. The molecule has 1 rings (SSSR count). The highest BCUT2D eigenvalue weighted by Crippen LogP contribution is 2.05. The van der Waals surface area contributed by atoms with Crippen LogP contribution < -0.4 is 5.32 Å².